The van der Waals surface area contributed by atoms with Gasteiger partial charge in [0.15, 0.2) is 11.6 Å². The summed E-state index contributed by atoms with van der Waals surface area (Å²) in [6.45, 7) is 4.99. The van der Waals surface area contributed by atoms with E-state index in [-0.39, 0.29) is 5.75 Å². The maximum Gasteiger partial charge on any atom is 0.167 e. The van der Waals surface area contributed by atoms with Gasteiger partial charge in [0.2, 0.25) is 0 Å². The van der Waals surface area contributed by atoms with E-state index in [9.17, 15) is 9.50 Å². The normalized spacial score (nSPS) is 12.2. The van der Waals surface area contributed by atoms with Gasteiger partial charge in [-0.05, 0) is 25.5 Å². The number of methoxy groups -OCH3 is 1. The highest BCUT2D eigenvalue weighted by atomic mass is 19.1. The van der Waals surface area contributed by atoms with E-state index in [4.69, 9.17) is 4.74 Å². The Morgan fingerprint density at radius 1 is 1.19 bits per heavy atom. The highest BCUT2D eigenvalue weighted by Gasteiger charge is 2.18. The van der Waals surface area contributed by atoms with Gasteiger partial charge in [-0.1, -0.05) is 29.8 Å². The van der Waals surface area contributed by atoms with Gasteiger partial charge in [0.1, 0.15) is 12.1 Å². The van der Waals surface area contributed by atoms with E-state index in [2.05, 4.69) is 9.97 Å². The molecule has 0 fully saturated rings. The van der Waals surface area contributed by atoms with Crippen LogP contribution >= 0.6 is 0 Å². The minimum atomic E-state index is -0.664. The lowest BCUT2D eigenvalue weighted by atomic mass is 10.1. The number of anilines is 1. The molecule has 3 aromatic rings. The van der Waals surface area contributed by atoms with Crippen molar-refractivity contribution < 1.29 is 14.2 Å². The number of ether oxygens (including phenoxy) is 1. The molecule has 0 aliphatic carbocycles. The van der Waals surface area contributed by atoms with Gasteiger partial charge in [0, 0.05) is 24.5 Å². The Labute approximate surface area is 152 Å². The number of aromatic nitrogens is 2. The standard InChI is InChI=1S/C20H22FN3O2/c1-4-24(11-18(25)14-7-5-13(2)6-8-14)20-15-9-19(26-3)16(21)10-17(15)22-12-23-20/h5-10,12,18,25H,4,11H2,1-3H3. The quantitative estimate of drug-likeness (QED) is 0.731. The van der Waals surface area contributed by atoms with Crippen LogP contribution in [-0.2, 0) is 0 Å². The molecule has 0 saturated carbocycles. The number of nitrogens with zero attached hydrogens (tertiary/aromatic N) is 3. The van der Waals surface area contributed by atoms with Crippen molar-refractivity contribution in [2.45, 2.75) is 20.0 Å². The van der Waals surface area contributed by atoms with Crippen molar-refractivity contribution in [3.63, 3.8) is 0 Å². The maximum atomic E-state index is 14.0. The predicted molar refractivity (Wildman–Crippen MR) is 100 cm³/mol. The van der Waals surface area contributed by atoms with Gasteiger partial charge in [-0.15, -0.1) is 0 Å². The number of fused-ring (bicyclic) bond motifs is 1. The smallest absolute Gasteiger partial charge is 0.167 e. The van der Waals surface area contributed by atoms with Gasteiger partial charge in [0.25, 0.3) is 0 Å². The van der Waals surface area contributed by atoms with Gasteiger partial charge in [0.05, 0.1) is 18.7 Å². The molecule has 1 atom stereocenters. The zero-order chi connectivity index (χ0) is 18.7. The highest BCUT2D eigenvalue weighted by molar-refractivity contribution is 5.90. The fourth-order valence-corrected chi connectivity index (χ4v) is 2.92. The molecule has 5 nitrogen and oxygen atoms in total. The van der Waals surface area contributed by atoms with E-state index in [0.717, 1.165) is 11.1 Å². The van der Waals surface area contributed by atoms with Crippen molar-refractivity contribution >= 4 is 16.7 Å². The van der Waals surface area contributed by atoms with E-state index in [1.54, 1.807) is 6.07 Å². The summed E-state index contributed by atoms with van der Waals surface area (Å²) in [4.78, 5) is 10.5. The zero-order valence-electron chi connectivity index (χ0n) is 15.1. The second-order valence-electron chi connectivity index (χ2n) is 6.17. The number of hydrogen-bond donors (Lipinski definition) is 1. The molecule has 0 aliphatic heterocycles. The van der Waals surface area contributed by atoms with Crippen LogP contribution in [0.2, 0.25) is 0 Å². The van der Waals surface area contributed by atoms with Gasteiger partial charge in [-0.3, -0.25) is 0 Å². The minimum Gasteiger partial charge on any atom is -0.494 e. The van der Waals surface area contributed by atoms with Gasteiger partial charge >= 0.3 is 0 Å². The first-order valence-corrected chi connectivity index (χ1v) is 8.51. The summed E-state index contributed by atoms with van der Waals surface area (Å²) in [5, 5.41) is 11.3. The van der Waals surface area contributed by atoms with Gasteiger partial charge in [-0.2, -0.15) is 0 Å². The molecular weight excluding hydrogens is 333 g/mol. The number of rotatable bonds is 6. The summed E-state index contributed by atoms with van der Waals surface area (Å²) in [5.41, 5.74) is 2.48. The minimum absolute atomic E-state index is 0.142. The third kappa shape index (κ3) is 3.60. The van der Waals surface area contributed by atoms with E-state index in [1.807, 2.05) is 43.0 Å². The summed E-state index contributed by atoms with van der Waals surface area (Å²) < 4.78 is 19.0. The number of halogens is 1. The van der Waals surface area contributed by atoms with Crippen LogP contribution in [0.25, 0.3) is 10.9 Å². The molecule has 136 valence electrons. The molecule has 26 heavy (non-hydrogen) atoms. The number of benzene rings is 2. The van der Waals surface area contributed by atoms with Crippen molar-refractivity contribution in [3.8, 4) is 5.75 Å². The number of hydrogen-bond acceptors (Lipinski definition) is 5. The fourth-order valence-electron chi connectivity index (χ4n) is 2.92. The average molecular weight is 355 g/mol. The summed E-state index contributed by atoms with van der Waals surface area (Å²) >= 11 is 0. The molecule has 1 unspecified atom stereocenters. The Kier molecular flexibility index (Phi) is 5.32. The van der Waals surface area contributed by atoms with Crippen LogP contribution in [0.15, 0.2) is 42.7 Å². The van der Waals surface area contributed by atoms with Crippen LogP contribution < -0.4 is 9.64 Å². The molecule has 3 rings (SSSR count). The Bertz CT molecular complexity index is 899. The van der Waals surface area contributed by atoms with E-state index in [1.165, 1.54) is 19.5 Å². The third-order valence-electron chi connectivity index (χ3n) is 4.42. The molecule has 1 heterocycles. The first kappa shape index (κ1) is 18.1. The number of aliphatic hydroxyl groups excluding tert-OH is 1. The van der Waals surface area contributed by atoms with Crippen molar-refractivity contribution in [1.82, 2.24) is 9.97 Å². The number of aryl methyl sites for hydroxylation is 1. The summed E-state index contributed by atoms with van der Waals surface area (Å²) in [6.07, 6.45) is 0.743. The van der Waals surface area contributed by atoms with Crippen LogP contribution in [0.5, 0.6) is 5.75 Å². The fraction of sp³-hybridized carbons (Fsp3) is 0.300. The SMILES string of the molecule is CCN(CC(O)c1ccc(C)cc1)c1ncnc2cc(F)c(OC)cc12. The Hall–Kier alpha value is -2.73. The van der Waals surface area contributed by atoms with Crippen LogP contribution in [0.3, 0.4) is 0 Å². The molecule has 0 bridgehead atoms. The predicted octanol–water partition coefficient (Wildman–Crippen LogP) is 3.65. The highest BCUT2D eigenvalue weighted by Crippen LogP contribution is 2.30. The molecule has 0 saturated heterocycles. The molecule has 0 amide bonds. The van der Waals surface area contributed by atoms with Crippen LogP contribution in [0, 0.1) is 12.7 Å². The van der Waals surface area contributed by atoms with Crippen LogP contribution in [0.1, 0.15) is 24.2 Å². The summed E-state index contributed by atoms with van der Waals surface area (Å²) in [5.74, 6) is 0.318. The Morgan fingerprint density at radius 3 is 2.58 bits per heavy atom. The molecule has 0 radical (unpaired) electrons. The van der Waals surface area contributed by atoms with E-state index >= 15 is 0 Å². The molecule has 2 aromatic carbocycles. The lowest BCUT2D eigenvalue weighted by Crippen LogP contribution is -2.29. The average Bonchev–Trinajstić information content (AvgIpc) is 2.65. The first-order valence-electron chi connectivity index (χ1n) is 8.51. The molecule has 1 aromatic heterocycles. The van der Waals surface area contributed by atoms with Crippen molar-refractivity contribution in [1.29, 1.82) is 0 Å². The van der Waals surface area contributed by atoms with Crippen LogP contribution in [0.4, 0.5) is 10.2 Å². The second kappa shape index (κ2) is 7.66. The Balaban J connectivity index is 1.95. The summed E-state index contributed by atoms with van der Waals surface area (Å²) in [6, 6.07) is 10.7. The first-order chi connectivity index (χ1) is 12.5. The number of likely N-dealkylation sites (N-methyl/N-ethyl adjacent to an activating group) is 1. The van der Waals surface area contributed by atoms with E-state index < -0.39 is 11.9 Å². The van der Waals surface area contributed by atoms with Gasteiger partial charge < -0.3 is 14.7 Å². The topological polar surface area (TPSA) is 58.5 Å². The molecule has 0 spiro atoms. The van der Waals surface area contributed by atoms with Crippen LogP contribution in [-0.4, -0.2) is 35.3 Å². The largest absolute Gasteiger partial charge is 0.494 e. The lowest BCUT2D eigenvalue weighted by molar-refractivity contribution is 0.183. The number of aliphatic hydroxyl groups is 1. The van der Waals surface area contributed by atoms with Crippen molar-refractivity contribution in [2.24, 2.45) is 0 Å². The second-order valence-corrected chi connectivity index (χ2v) is 6.17. The van der Waals surface area contributed by atoms with E-state index in [0.29, 0.717) is 29.8 Å². The summed E-state index contributed by atoms with van der Waals surface area (Å²) in [7, 11) is 1.42. The molecular formula is C20H22FN3O2. The molecule has 0 aliphatic rings. The monoisotopic (exact) mass is 355 g/mol. The molecule has 6 heteroatoms. The van der Waals surface area contributed by atoms with Gasteiger partial charge in [-0.25, -0.2) is 14.4 Å². The maximum absolute atomic E-state index is 14.0. The van der Waals surface area contributed by atoms with Crippen molar-refractivity contribution in [2.75, 3.05) is 25.1 Å². The third-order valence-corrected chi connectivity index (χ3v) is 4.42. The molecule has 1 N–H and O–H groups in total. The zero-order valence-corrected chi connectivity index (χ0v) is 15.1. The van der Waals surface area contributed by atoms with Crippen molar-refractivity contribution in [3.05, 3.63) is 59.7 Å². The lowest BCUT2D eigenvalue weighted by Gasteiger charge is -2.26. The Morgan fingerprint density at radius 2 is 1.92 bits per heavy atom.